The zero-order valence-corrected chi connectivity index (χ0v) is 11.7. The summed E-state index contributed by atoms with van der Waals surface area (Å²) in [6.45, 7) is 9.78. The molecule has 0 saturated heterocycles. The molecule has 1 N–H and O–H groups in total. The molecular weight excluding hydrogens is 214 g/mol. The maximum atomic E-state index is 3.56. The highest BCUT2D eigenvalue weighted by Gasteiger charge is 2.10. The van der Waals surface area contributed by atoms with Crippen molar-refractivity contribution in [2.75, 3.05) is 18.1 Å². The van der Waals surface area contributed by atoms with Gasteiger partial charge in [0.1, 0.15) is 0 Å². The third-order valence-corrected chi connectivity index (χ3v) is 3.85. The van der Waals surface area contributed by atoms with Crippen molar-refractivity contribution in [2.45, 2.75) is 33.7 Å². The van der Waals surface area contributed by atoms with E-state index in [1.165, 1.54) is 22.4 Å². The van der Waals surface area contributed by atoms with Gasteiger partial charge in [-0.1, -0.05) is 32.0 Å². The predicted octanol–water partition coefficient (Wildman–Crippen LogP) is 3.71. The molecule has 0 aliphatic heterocycles. The van der Waals surface area contributed by atoms with E-state index in [-0.39, 0.29) is 0 Å². The molecule has 90 valence electrons. The second-order valence-electron chi connectivity index (χ2n) is 4.11. The number of nitrogens with one attached hydrogen (secondary N) is 1. The average Bonchev–Trinajstić information content (AvgIpc) is 2.28. The Labute approximate surface area is 104 Å². The summed E-state index contributed by atoms with van der Waals surface area (Å²) in [5.74, 6) is 2.35. The Morgan fingerprint density at radius 2 is 1.94 bits per heavy atom. The molecule has 1 aromatic carbocycles. The van der Waals surface area contributed by atoms with Gasteiger partial charge in [-0.2, -0.15) is 11.8 Å². The van der Waals surface area contributed by atoms with Crippen LogP contribution in [0.3, 0.4) is 0 Å². The molecule has 0 spiro atoms. The summed E-state index contributed by atoms with van der Waals surface area (Å²) in [7, 11) is 0. The molecule has 2 heteroatoms. The van der Waals surface area contributed by atoms with Gasteiger partial charge in [-0.05, 0) is 42.8 Å². The SMILES string of the molecule is CCNC(CSCC)c1ccc(C)c(C)c1. The minimum absolute atomic E-state index is 0.495. The molecule has 0 amide bonds. The molecule has 0 heterocycles. The van der Waals surface area contributed by atoms with Crippen LogP contribution in [0.25, 0.3) is 0 Å². The first kappa shape index (κ1) is 13.6. The summed E-state index contributed by atoms with van der Waals surface area (Å²) in [4.78, 5) is 0. The molecule has 0 fully saturated rings. The highest BCUT2D eigenvalue weighted by Crippen LogP contribution is 2.20. The lowest BCUT2D eigenvalue weighted by Gasteiger charge is -2.18. The fraction of sp³-hybridized carbons (Fsp3) is 0.571. The van der Waals surface area contributed by atoms with Crippen molar-refractivity contribution in [1.82, 2.24) is 5.32 Å². The normalized spacial score (nSPS) is 12.8. The highest BCUT2D eigenvalue weighted by atomic mass is 32.2. The van der Waals surface area contributed by atoms with Gasteiger partial charge in [0.2, 0.25) is 0 Å². The van der Waals surface area contributed by atoms with Crippen molar-refractivity contribution in [1.29, 1.82) is 0 Å². The van der Waals surface area contributed by atoms with Crippen molar-refractivity contribution in [3.05, 3.63) is 34.9 Å². The summed E-state index contributed by atoms with van der Waals surface area (Å²) in [5.41, 5.74) is 4.19. The summed E-state index contributed by atoms with van der Waals surface area (Å²) in [6, 6.07) is 7.30. The molecule has 1 unspecified atom stereocenters. The molecule has 0 aliphatic rings. The van der Waals surface area contributed by atoms with Gasteiger partial charge in [0.15, 0.2) is 0 Å². The van der Waals surface area contributed by atoms with Crippen LogP contribution in [-0.4, -0.2) is 18.1 Å². The van der Waals surface area contributed by atoms with Crippen LogP contribution in [0.2, 0.25) is 0 Å². The lowest BCUT2D eigenvalue weighted by Crippen LogP contribution is -2.23. The molecule has 1 nitrogen and oxygen atoms in total. The van der Waals surface area contributed by atoms with Gasteiger partial charge in [-0.25, -0.2) is 0 Å². The Hall–Kier alpha value is -0.470. The number of benzene rings is 1. The van der Waals surface area contributed by atoms with Crippen LogP contribution >= 0.6 is 11.8 Å². The van der Waals surface area contributed by atoms with E-state index in [1.807, 2.05) is 11.8 Å². The zero-order chi connectivity index (χ0) is 12.0. The molecule has 0 aliphatic carbocycles. The van der Waals surface area contributed by atoms with E-state index in [0.717, 1.165) is 12.3 Å². The Morgan fingerprint density at radius 1 is 1.19 bits per heavy atom. The first-order valence-corrected chi connectivity index (χ1v) is 7.22. The molecular formula is C14H23NS. The Morgan fingerprint density at radius 3 is 2.50 bits per heavy atom. The van der Waals surface area contributed by atoms with Gasteiger partial charge in [0, 0.05) is 11.8 Å². The van der Waals surface area contributed by atoms with Crippen molar-refractivity contribution in [3.8, 4) is 0 Å². The second kappa shape index (κ2) is 6.97. The van der Waals surface area contributed by atoms with E-state index < -0.39 is 0 Å². The first-order chi connectivity index (χ1) is 7.69. The third-order valence-electron chi connectivity index (χ3n) is 2.87. The molecule has 0 radical (unpaired) electrons. The summed E-state index contributed by atoms with van der Waals surface area (Å²) < 4.78 is 0. The lowest BCUT2D eigenvalue weighted by molar-refractivity contribution is 0.605. The number of thioether (sulfide) groups is 1. The Kier molecular flexibility index (Phi) is 5.93. The lowest BCUT2D eigenvalue weighted by atomic mass is 10.0. The maximum Gasteiger partial charge on any atom is 0.0411 e. The molecule has 0 saturated carbocycles. The molecule has 0 aromatic heterocycles. The number of rotatable bonds is 6. The van der Waals surface area contributed by atoms with E-state index >= 15 is 0 Å². The van der Waals surface area contributed by atoms with E-state index in [9.17, 15) is 0 Å². The van der Waals surface area contributed by atoms with Gasteiger partial charge in [-0.3, -0.25) is 0 Å². The number of hydrogen-bond acceptors (Lipinski definition) is 2. The standard InChI is InChI=1S/C14H23NS/c1-5-15-14(10-16-6-2)13-8-7-11(3)12(4)9-13/h7-9,14-15H,5-6,10H2,1-4H3. The van der Waals surface area contributed by atoms with Crippen LogP contribution in [0, 0.1) is 13.8 Å². The molecule has 1 aromatic rings. The van der Waals surface area contributed by atoms with E-state index in [4.69, 9.17) is 0 Å². The maximum absolute atomic E-state index is 3.56. The van der Waals surface area contributed by atoms with Crippen molar-refractivity contribution >= 4 is 11.8 Å². The van der Waals surface area contributed by atoms with Crippen LogP contribution < -0.4 is 5.32 Å². The fourth-order valence-corrected chi connectivity index (χ4v) is 2.52. The largest absolute Gasteiger partial charge is 0.310 e. The topological polar surface area (TPSA) is 12.0 Å². The summed E-state index contributed by atoms with van der Waals surface area (Å²) >= 11 is 2.00. The van der Waals surface area contributed by atoms with E-state index in [1.54, 1.807) is 0 Å². The van der Waals surface area contributed by atoms with Crippen LogP contribution in [0.1, 0.15) is 36.6 Å². The predicted molar refractivity (Wildman–Crippen MR) is 75.3 cm³/mol. The van der Waals surface area contributed by atoms with Crippen molar-refractivity contribution < 1.29 is 0 Å². The van der Waals surface area contributed by atoms with Gasteiger partial charge in [0.25, 0.3) is 0 Å². The third kappa shape index (κ3) is 3.84. The van der Waals surface area contributed by atoms with Gasteiger partial charge < -0.3 is 5.32 Å². The number of aryl methyl sites for hydroxylation is 2. The minimum Gasteiger partial charge on any atom is -0.310 e. The summed E-state index contributed by atoms with van der Waals surface area (Å²) in [5, 5.41) is 3.56. The minimum atomic E-state index is 0.495. The van der Waals surface area contributed by atoms with Crippen molar-refractivity contribution in [3.63, 3.8) is 0 Å². The Balaban J connectivity index is 2.78. The van der Waals surface area contributed by atoms with Gasteiger partial charge in [-0.15, -0.1) is 0 Å². The van der Waals surface area contributed by atoms with Crippen LogP contribution in [-0.2, 0) is 0 Å². The molecule has 1 rings (SSSR count). The molecule has 1 atom stereocenters. The Bertz CT molecular complexity index is 323. The van der Waals surface area contributed by atoms with Gasteiger partial charge >= 0.3 is 0 Å². The smallest absolute Gasteiger partial charge is 0.0411 e. The van der Waals surface area contributed by atoms with Crippen LogP contribution in [0.5, 0.6) is 0 Å². The zero-order valence-electron chi connectivity index (χ0n) is 10.8. The molecule has 16 heavy (non-hydrogen) atoms. The first-order valence-electron chi connectivity index (χ1n) is 6.07. The van der Waals surface area contributed by atoms with E-state index in [0.29, 0.717) is 6.04 Å². The quantitative estimate of drug-likeness (QED) is 0.809. The van der Waals surface area contributed by atoms with E-state index in [2.05, 4.69) is 51.2 Å². The molecule has 0 bridgehead atoms. The van der Waals surface area contributed by atoms with Crippen LogP contribution in [0.15, 0.2) is 18.2 Å². The fourth-order valence-electron chi connectivity index (χ4n) is 1.74. The highest BCUT2D eigenvalue weighted by molar-refractivity contribution is 7.99. The van der Waals surface area contributed by atoms with Crippen molar-refractivity contribution in [2.24, 2.45) is 0 Å². The van der Waals surface area contributed by atoms with Gasteiger partial charge in [0.05, 0.1) is 0 Å². The monoisotopic (exact) mass is 237 g/mol. The van der Waals surface area contributed by atoms with Crippen LogP contribution in [0.4, 0.5) is 0 Å². The second-order valence-corrected chi connectivity index (χ2v) is 5.43. The number of hydrogen-bond donors (Lipinski definition) is 1. The summed E-state index contributed by atoms with van der Waals surface area (Å²) in [6.07, 6.45) is 0. The average molecular weight is 237 g/mol.